The molecule has 0 aliphatic heterocycles. The molecule has 1 amide bonds. The molecular weight excluding hydrogens is 432 g/mol. The van der Waals surface area contributed by atoms with Crippen LogP contribution in [-0.4, -0.2) is 26.2 Å². The normalized spacial score (nSPS) is 11.2. The predicted octanol–water partition coefficient (Wildman–Crippen LogP) is 5.10. The Morgan fingerprint density at radius 2 is 1.80 bits per heavy atom. The van der Waals surface area contributed by atoms with E-state index in [0.29, 0.717) is 5.75 Å². The van der Waals surface area contributed by atoms with Crippen LogP contribution in [0.25, 0.3) is 6.08 Å². The van der Waals surface area contributed by atoms with Gasteiger partial charge in [-0.15, -0.1) is 0 Å². The van der Waals surface area contributed by atoms with E-state index in [1.54, 1.807) is 6.07 Å². The third kappa shape index (κ3) is 6.28. The second-order valence-electron chi connectivity index (χ2n) is 5.43. The van der Waals surface area contributed by atoms with Crippen LogP contribution in [-0.2, 0) is 4.79 Å². The zero-order valence-electron chi connectivity index (χ0n) is 15.2. The molecule has 0 fully saturated rings. The van der Waals surface area contributed by atoms with Gasteiger partial charge in [-0.05, 0) is 36.4 Å². The van der Waals surface area contributed by atoms with Gasteiger partial charge in [0.2, 0.25) is 0 Å². The van der Waals surface area contributed by atoms with Crippen molar-refractivity contribution in [2.45, 2.75) is 13.2 Å². The number of alkyl halides is 4. The van der Waals surface area contributed by atoms with Crippen molar-refractivity contribution in [2.75, 3.05) is 12.4 Å². The summed E-state index contributed by atoms with van der Waals surface area (Å²) in [6.07, 6.45) is 0.963. The lowest BCUT2D eigenvalue weighted by Gasteiger charge is -2.12. The number of halogens is 5. The standard InChI is InChI=1S/C19H13ClF4N2O4/c1-28-15-5-3-12(7-14(15)20)26-17(27)11(9-25)6-10-2-4-13(29-18(21)22)8-16(10)30-19(23)24/h2-8,18-19H,1H3,(H,26,27). The number of benzene rings is 2. The molecule has 0 unspecified atom stereocenters. The molecule has 0 aromatic heterocycles. The topological polar surface area (TPSA) is 80.6 Å². The first-order chi connectivity index (χ1) is 14.2. The Morgan fingerprint density at radius 1 is 1.10 bits per heavy atom. The number of ether oxygens (including phenoxy) is 3. The van der Waals surface area contributed by atoms with Crippen molar-refractivity contribution in [3.63, 3.8) is 0 Å². The minimum atomic E-state index is -3.28. The summed E-state index contributed by atoms with van der Waals surface area (Å²) in [6, 6.07) is 8.91. The first-order valence-electron chi connectivity index (χ1n) is 8.04. The monoisotopic (exact) mass is 444 g/mol. The van der Waals surface area contributed by atoms with E-state index in [2.05, 4.69) is 14.8 Å². The van der Waals surface area contributed by atoms with Crippen LogP contribution >= 0.6 is 11.6 Å². The fourth-order valence-electron chi connectivity index (χ4n) is 2.25. The van der Waals surface area contributed by atoms with E-state index in [1.807, 2.05) is 0 Å². The highest BCUT2D eigenvalue weighted by molar-refractivity contribution is 6.32. The van der Waals surface area contributed by atoms with Crippen molar-refractivity contribution in [3.05, 3.63) is 52.6 Å². The number of carbonyl (C=O) groups excluding carboxylic acids is 1. The van der Waals surface area contributed by atoms with Crippen LogP contribution in [0.15, 0.2) is 42.0 Å². The molecule has 0 saturated carbocycles. The number of methoxy groups -OCH3 is 1. The average Bonchev–Trinajstić information content (AvgIpc) is 2.66. The van der Waals surface area contributed by atoms with Crippen molar-refractivity contribution in [1.29, 1.82) is 5.26 Å². The zero-order chi connectivity index (χ0) is 22.3. The summed E-state index contributed by atoms with van der Waals surface area (Å²) >= 11 is 5.97. The highest BCUT2D eigenvalue weighted by Gasteiger charge is 2.16. The van der Waals surface area contributed by atoms with E-state index in [1.165, 1.54) is 25.3 Å². The summed E-state index contributed by atoms with van der Waals surface area (Å²) < 4.78 is 63.4. The van der Waals surface area contributed by atoms with Crippen molar-refractivity contribution in [3.8, 4) is 23.3 Å². The maximum atomic E-state index is 12.7. The van der Waals surface area contributed by atoms with E-state index in [0.717, 1.165) is 24.3 Å². The highest BCUT2D eigenvalue weighted by atomic mass is 35.5. The van der Waals surface area contributed by atoms with Gasteiger partial charge in [-0.2, -0.15) is 22.8 Å². The Morgan fingerprint density at radius 3 is 2.37 bits per heavy atom. The second-order valence-corrected chi connectivity index (χ2v) is 5.84. The zero-order valence-corrected chi connectivity index (χ0v) is 15.9. The first-order valence-corrected chi connectivity index (χ1v) is 8.41. The maximum Gasteiger partial charge on any atom is 0.387 e. The molecule has 11 heteroatoms. The number of anilines is 1. The van der Waals surface area contributed by atoms with Gasteiger partial charge in [-0.1, -0.05) is 11.6 Å². The lowest BCUT2D eigenvalue weighted by Crippen LogP contribution is -2.13. The number of amides is 1. The lowest BCUT2D eigenvalue weighted by atomic mass is 10.1. The van der Waals surface area contributed by atoms with Crippen LogP contribution in [0.3, 0.4) is 0 Å². The number of rotatable bonds is 8. The summed E-state index contributed by atoms with van der Waals surface area (Å²) in [5.41, 5.74) is -0.350. The molecule has 0 heterocycles. The Balaban J connectivity index is 2.32. The van der Waals surface area contributed by atoms with E-state index in [-0.39, 0.29) is 16.3 Å². The molecule has 158 valence electrons. The Labute approximate surface area is 173 Å². The molecule has 0 radical (unpaired) electrons. The molecule has 0 aliphatic rings. The smallest absolute Gasteiger partial charge is 0.387 e. The van der Waals surface area contributed by atoms with E-state index < -0.39 is 36.2 Å². The van der Waals surface area contributed by atoms with Gasteiger partial charge in [-0.25, -0.2) is 0 Å². The molecule has 2 aromatic carbocycles. The van der Waals surface area contributed by atoms with Gasteiger partial charge in [0.1, 0.15) is 28.9 Å². The molecule has 0 atom stereocenters. The molecule has 0 aliphatic carbocycles. The molecule has 0 bridgehead atoms. The van der Waals surface area contributed by atoms with E-state index in [9.17, 15) is 27.6 Å². The fourth-order valence-corrected chi connectivity index (χ4v) is 2.51. The van der Waals surface area contributed by atoms with Crippen LogP contribution in [0.4, 0.5) is 23.2 Å². The van der Waals surface area contributed by atoms with Crippen LogP contribution in [0.2, 0.25) is 5.02 Å². The lowest BCUT2D eigenvalue weighted by molar-refractivity contribution is -0.112. The Kier molecular flexibility index (Phi) is 7.89. The van der Waals surface area contributed by atoms with Crippen molar-refractivity contribution in [2.24, 2.45) is 0 Å². The number of hydrogen-bond acceptors (Lipinski definition) is 5. The van der Waals surface area contributed by atoms with Gasteiger partial charge in [-0.3, -0.25) is 4.79 Å². The van der Waals surface area contributed by atoms with Crippen molar-refractivity contribution < 1.29 is 36.6 Å². The third-order valence-corrected chi connectivity index (χ3v) is 3.80. The second kappa shape index (κ2) is 10.4. The van der Waals surface area contributed by atoms with Crippen molar-refractivity contribution in [1.82, 2.24) is 0 Å². The minimum absolute atomic E-state index is 0.128. The van der Waals surface area contributed by atoms with Gasteiger partial charge in [0, 0.05) is 17.3 Å². The van der Waals surface area contributed by atoms with Crippen LogP contribution in [0.1, 0.15) is 5.56 Å². The summed E-state index contributed by atoms with van der Waals surface area (Å²) in [6.45, 7) is -6.46. The minimum Gasteiger partial charge on any atom is -0.495 e. The molecule has 6 nitrogen and oxygen atoms in total. The summed E-state index contributed by atoms with van der Waals surface area (Å²) in [4.78, 5) is 12.4. The quantitative estimate of drug-likeness (QED) is 0.348. The summed E-state index contributed by atoms with van der Waals surface area (Å²) in [7, 11) is 1.41. The van der Waals surface area contributed by atoms with Gasteiger partial charge >= 0.3 is 13.2 Å². The third-order valence-electron chi connectivity index (χ3n) is 3.50. The molecule has 0 saturated heterocycles. The van der Waals surface area contributed by atoms with Gasteiger partial charge in [0.15, 0.2) is 0 Å². The van der Waals surface area contributed by atoms with Crippen LogP contribution < -0.4 is 19.5 Å². The Hall–Kier alpha value is -3.45. The Bertz CT molecular complexity index is 993. The van der Waals surface area contributed by atoms with E-state index >= 15 is 0 Å². The molecule has 1 N–H and O–H groups in total. The number of nitriles is 1. The molecule has 30 heavy (non-hydrogen) atoms. The predicted molar refractivity (Wildman–Crippen MR) is 99.9 cm³/mol. The molecule has 0 spiro atoms. The average molecular weight is 445 g/mol. The van der Waals surface area contributed by atoms with Gasteiger partial charge in [0.05, 0.1) is 12.1 Å². The summed E-state index contributed by atoms with van der Waals surface area (Å²) in [5, 5.41) is 11.9. The number of hydrogen-bond donors (Lipinski definition) is 1. The van der Waals surface area contributed by atoms with Gasteiger partial charge in [0.25, 0.3) is 5.91 Å². The molecule has 2 aromatic rings. The highest BCUT2D eigenvalue weighted by Crippen LogP contribution is 2.30. The first kappa shape index (κ1) is 22.8. The van der Waals surface area contributed by atoms with E-state index in [4.69, 9.17) is 16.3 Å². The summed E-state index contributed by atoms with van der Waals surface area (Å²) in [5.74, 6) is -1.50. The SMILES string of the molecule is COc1ccc(NC(=O)C(C#N)=Cc2ccc(OC(F)F)cc2OC(F)F)cc1Cl. The van der Waals surface area contributed by atoms with Crippen LogP contribution in [0.5, 0.6) is 17.2 Å². The molecule has 2 rings (SSSR count). The number of nitrogens with zero attached hydrogens (tertiary/aromatic N) is 1. The molecular formula is C19H13ClF4N2O4. The van der Waals surface area contributed by atoms with Crippen molar-refractivity contribution >= 4 is 29.3 Å². The maximum absolute atomic E-state index is 12.7. The number of nitrogens with one attached hydrogen (secondary N) is 1. The van der Waals surface area contributed by atoms with Gasteiger partial charge < -0.3 is 19.5 Å². The fraction of sp³-hybridized carbons (Fsp3) is 0.158. The largest absolute Gasteiger partial charge is 0.495 e. The van der Waals surface area contributed by atoms with Crippen LogP contribution in [0, 0.1) is 11.3 Å². The number of carbonyl (C=O) groups is 1.